The molecule has 0 spiro atoms. The molecule has 1 fully saturated rings. The van der Waals surface area contributed by atoms with Crippen molar-refractivity contribution in [2.45, 2.75) is 44.6 Å². The monoisotopic (exact) mass is 360 g/mol. The van der Waals surface area contributed by atoms with Gasteiger partial charge in [-0.1, -0.05) is 42.5 Å². The molecule has 0 aromatic heterocycles. The van der Waals surface area contributed by atoms with Gasteiger partial charge in [-0.05, 0) is 25.0 Å². The molecule has 0 aliphatic heterocycles. The molecule has 0 bridgehead atoms. The summed E-state index contributed by atoms with van der Waals surface area (Å²) >= 11 is 11.5. The van der Waals surface area contributed by atoms with Crippen LogP contribution in [0.1, 0.15) is 48.9 Å². The summed E-state index contributed by atoms with van der Waals surface area (Å²) < 4.78 is 13.4. The zero-order valence-corrected chi connectivity index (χ0v) is 14.1. The lowest BCUT2D eigenvalue weighted by atomic mass is 9.95. The zero-order valence-electron chi connectivity index (χ0n) is 12.6. The Kier molecular flexibility index (Phi) is 6.66. The number of hydrogen-bond donors (Lipinski definition) is 2. The molecular weight excluding hydrogens is 342 g/mol. The summed E-state index contributed by atoms with van der Waals surface area (Å²) in [5.74, 6) is -1.34. The van der Waals surface area contributed by atoms with Crippen molar-refractivity contribution < 1.29 is 14.0 Å². The average molecular weight is 361 g/mol. The number of hydrogen-bond acceptors (Lipinski definition) is 2. The molecule has 1 aliphatic carbocycles. The second-order valence-electron chi connectivity index (χ2n) is 5.65. The second-order valence-corrected chi connectivity index (χ2v) is 6.47. The van der Waals surface area contributed by atoms with Gasteiger partial charge in [-0.3, -0.25) is 9.59 Å². The van der Waals surface area contributed by atoms with Gasteiger partial charge in [-0.25, -0.2) is 4.39 Å². The number of amides is 2. The molecule has 0 heterocycles. The quantitative estimate of drug-likeness (QED) is 0.786. The van der Waals surface area contributed by atoms with E-state index in [0.29, 0.717) is 0 Å². The topological polar surface area (TPSA) is 58.2 Å². The standard InChI is InChI=1S/C16H19Cl2FN2O2/c17-12-9-13(18)14(19)8-11(12)16(23)20-7-6-15(22)21-10-4-2-1-3-5-10/h8-10H,1-7H2,(H,20,23)(H,21,22). The smallest absolute Gasteiger partial charge is 0.252 e. The van der Waals surface area contributed by atoms with E-state index in [0.717, 1.165) is 31.7 Å². The molecule has 7 heteroatoms. The van der Waals surface area contributed by atoms with Crippen LogP contribution in [0.4, 0.5) is 4.39 Å². The molecule has 1 aliphatic rings. The Balaban J connectivity index is 1.78. The molecule has 0 radical (unpaired) electrons. The lowest BCUT2D eigenvalue weighted by Gasteiger charge is -2.22. The number of rotatable bonds is 5. The Morgan fingerprint density at radius 1 is 1.13 bits per heavy atom. The third kappa shape index (κ3) is 5.36. The largest absolute Gasteiger partial charge is 0.353 e. The SMILES string of the molecule is O=C(CCNC(=O)c1cc(F)c(Cl)cc1Cl)NC1CCCCC1. The summed E-state index contributed by atoms with van der Waals surface area (Å²) in [5.41, 5.74) is 0.00116. The van der Waals surface area contributed by atoms with E-state index in [4.69, 9.17) is 23.2 Å². The highest BCUT2D eigenvalue weighted by Crippen LogP contribution is 2.24. The molecule has 126 valence electrons. The number of halogens is 3. The molecule has 2 amide bonds. The van der Waals surface area contributed by atoms with Crippen molar-refractivity contribution in [3.63, 3.8) is 0 Å². The molecular formula is C16H19Cl2FN2O2. The first-order valence-electron chi connectivity index (χ1n) is 7.69. The van der Waals surface area contributed by atoms with Gasteiger partial charge >= 0.3 is 0 Å². The van der Waals surface area contributed by atoms with Crippen LogP contribution < -0.4 is 10.6 Å². The Labute approximate surface area is 144 Å². The van der Waals surface area contributed by atoms with Crippen molar-refractivity contribution in [3.8, 4) is 0 Å². The number of carbonyl (C=O) groups excluding carboxylic acids is 2. The highest BCUT2D eigenvalue weighted by molar-refractivity contribution is 6.36. The van der Waals surface area contributed by atoms with Crippen molar-refractivity contribution in [3.05, 3.63) is 33.6 Å². The molecule has 1 aromatic rings. The van der Waals surface area contributed by atoms with E-state index in [1.54, 1.807) is 0 Å². The number of carbonyl (C=O) groups is 2. The van der Waals surface area contributed by atoms with Crippen LogP contribution >= 0.6 is 23.2 Å². The van der Waals surface area contributed by atoms with E-state index in [1.807, 2.05) is 0 Å². The molecule has 2 N–H and O–H groups in total. The Hall–Kier alpha value is -1.33. The molecule has 23 heavy (non-hydrogen) atoms. The van der Waals surface area contributed by atoms with Crippen LogP contribution in [0.15, 0.2) is 12.1 Å². The predicted molar refractivity (Wildman–Crippen MR) is 88.4 cm³/mol. The van der Waals surface area contributed by atoms with Gasteiger partial charge in [0.2, 0.25) is 5.91 Å². The molecule has 1 saturated carbocycles. The van der Waals surface area contributed by atoms with Crippen molar-refractivity contribution >= 4 is 35.0 Å². The van der Waals surface area contributed by atoms with Crippen LogP contribution in [-0.4, -0.2) is 24.4 Å². The van der Waals surface area contributed by atoms with Crippen molar-refractivity contribution in [1.29, 1.82) is 0 Å². The van der Waals surface area contributed by atoms with E-state index >= 15 is 0 Å². The molecule has 2 rings (SSSR count). The van der Waals surface area contributed by atoms with Crippen LogP contribution in [0.5, 0.6) is 0 Å². The summed E-state index contributed by atoms with van der Waals surface area (Å²) in [7, 11) is 0. The highest BCUT2D eigenvalue weighted by atomic mass is 35.5. The first-order valence-corrected chi connectivity index (χ1v) is 8.45. The van der Waals surface area contributed by atoms with Gasteiger partial charge in [-0.2, -0.15) is 0 Å². The minimum Gasteiger partial charge on any atom is -0.353 e. The fourth-order valence-electron chi connectivity index (χ4n) is 2.63. The number of nitrogens with one attached hydrogen (secondary N) is 2. The van der Waals surface area contributed by atoms with E-state index in [9.17, 15) is 14.0 Å². The molecule has 4 nitrogen and oxygen atoms in total. The first kappa shape index (κ1) is 18.0. The number of benzene rings is 1. The van der Waals surface area contributed by atoms with Crippen molar-refractivity contribution in [2.24, 2.45) is 0 Å². The van der Waals surface area contributed by atoms with Gasteiger partial charge in [0, 0.05) is 19.0 Å². The fraction of sp³-hybridized carbons (Fsp3) is 0.500. The second kappa shape index (κ2) is 8.50. The van der Waals surface area contributed by atoms with Gasteiger partial charge in [0.05, 0.1) is 15.6 Å². The molecule has 0 saturated heterocycles. The van der Waals surface area contributed by atoms with E-state index in [1.165, 1.54) is 12.5 Å². The summed E-state index contributed by atoms with van der Waals surface area (Å²) in [4.78, 5) is 23.8. The third-order valence-corrected chi connectivity index (χ3v) is 4.46. The minimum absolute atomic E-state index is 0.00116. The van der Waals surface area contributed by atoms with Crippen molar-refractivity contribution in [2.75, 3.05) is 6.54 Å². The predicted octanol–water partition coefficient (Wildman–Crippen LogP) is 3.70. The van der Waals surface area contributed by atoms with Crippen LogP contribution in [0.2, 0.25) is 10.0 Å². The van der Waals surface area contributed by atoms with Crippen molar-refractivity contribution in [1.82, 2.24) is 10.6 Å². The summed E-state index contributed by atoms with van der Waals surface area (Å²) in [6.45, 7) is 0.165. The maximum atomic E-state index is 13.4. The van der Waals surface area contributed by atoms with Crippen LogP contribution in [0.25, 0.3) is 0 Å². The normalized spacial score (nSPS) is 15.3. The Bertz CT molecular complexity index is 590. The summed E-state index contributed by atoms with van der Waals surface area (Å²) in [6.07, 6.45) is 5.71. The zero-order chi connectivity index (χ0) is 16.8. The Morgan fingerprint density at radius 2 is 1.83 bits per heavy atom. The fourth-order valence-corrected chi connectivity index (χ4v) is 3.10. The molecule has 0 atom stereocenters. The highest BCUT2D eigenvalue weighted by Gasteiger charge is 2.17. The van der Waals surface area contributed by atoms with E-state index < -0.39 is 11.7 Å². The lowest BCUT2D eigenvalue weighted by Crippen LogP contribution is -2.38. The first-order chi connectivity index (χ1) is 11.0. The van der Waals surface area contributed by atoms with Gasteiger partial charge in [0.25, 0.3) is 5.91 Å². The van der Waals surface area contributed by atoms with E-state index in [-0.39, 0.29) is 40.5 Å². The lowest BCUT2D eigenvalue weighted by molar-refractivity contribution is -0.121. The van der Waals surface area contributed by atoms with Crippen LogP contribution in [0.3, 0.4) is 0 Å². The summed E-state index contributed by atoms with van der Waals surface area (Å²) in [6, 6.07) is 2.41. The molecule has 0 unspecified atom stereocenters. The van der Waals surface area contributed by atoms with E-state index in [2.05, 4.69) is 10.6 Å². The van der Waals surface area contributed by atoms with Crippen LogP contribution in [-0.2, 0) is 4.79 Å². The maximum absolute atomic E-state index is 13.4. The van der Waals surface area contributed by atoms with Gasteiger partial charge < -0.3 is 10.6 Å². The van der Waals surface area contributed by atoms with Gasteiger partial charge in [-0.15, -0.1) is 0 Å². The molecule has 1 aromatic carbocycles. The van der Waals surface area contributed by atoms with Gasteiger partial charge in [0.15, 0.2) is 0 Å². The average Bonchev–Trinajstić information content (AvgIpc) is 2.51. The summed E-state index contributed by atoms with van der Waals surface area (Å²) in [5, 5.41) is 5.46. The Morgan fingerprint density at radius 3 is 2.52 bits per heavy atom. The third-order valence-electron chi connectivity index (χ3n) is 3.86. The maximum Gasteiger partial charge on any atom is 0.252 e. The van der Waals surface area contributed by atoms with Gasteiger partial charge in [0.1, 0.15) is 5.82 Å². The minimum atomic E-state index is -0.712. The van der Waals surface area contributed by atoms with Crippen LogP contribution in [0, 0.1) is 5.82 Å².